The quantitative estimate of drug-likeness (QED) is 0.771. The summed E-state index contributed by atoms with van der Waals surface area (Å²) in [6, 6.07) is 4.58. The van der Waals surface area contributed by atoms with Crippen LogP contribution in [0.15, 0.2) is 22.2 Å². The SMILES string of the molecule is CSc1nc(-c2cc3c(c(SC)n2)CCC3)cc2c1CCC2. The largest absolute Gasteiger partial charge is 0.240 e. The van der Waals surface area contributed by atoms with Crippen molar-refractivity contribution >= 4 is 23.5 Å². The molecule has 2 nitrogen and oxygen atoms in total. The zero-order valence-corrected chi connectivity index (χ0v) is 14.7. The van der Waals surface area contributed by atoms with E-state index < -0.39 is 0 Å². The van der Waals surface area contributed by atoms with Crippen LogP contribution in [0.3, 0.4) is 0 Å². The van der Waals surface area contributed by atoms with Gasteiger partial charge in [-0.3, -0.25) is 0 Å². The molecule has 114 valence electrons. The Kier molecular flexibility index (Phi) is 3.91. The molecule has 2 aliphatic rings. The van der Waals surface area contributed by atoms with Gasteiger partial charge in [0.1, 0.15) is 0 Å². The van der Waals surface area contributed by atoms with Crippen LogP contribution in [0.25, 0.3) is 11.4 Å². The standard InChI is InChI=1S/C18H20N2S2/c1-21-17-13-7-3-5-11(13)9-15(19-17)16-10-12-6-4-8-14(12)18(20-16)22-2/h9-10H,3-8H2,1-2H3. The first-order valence-corrected chi connectivity index (χ1v) is 10.4. The third-order valence-corrected chi connectivity index (χ3v) is 6.20. The van der Waals surface area contributed by atoms with Crippen LogP contribution in [0.2, 0.25) is 0 Å². The van der Waals surface area contributed by atoms with Gasteiger partial charge in [0.25, 0.3) is 0 Å². The van der Waals surface area contributed by atoms with Gasteiger partial charge in [-0.05, 0) is 85.4 Å². The second-order valence-corrected chi connectivity index (χ2v) is 7.61. The average Bonchev–Trinajstić information content (AvgIpc) is 3.21. The first kappa shape index (κ1) is 14.6. The molecule has 0 aliphatic heterocycles. The second-order valence-electron chi connectivity index (χ2n) is 6.02. The van der Waals surface area contributed by atoms with E-state index >= 15 is 0 Å². The summed E-state index contributed by atoms with van der Waals surface area (Å²) in [7, 11) is 0. The fourth-order valence-electron chi connectivity index (χ4n) is 3.69. The normalized spacial score (nSPS) is 15.9. The maximum atomic E-state index is 4.93. The number of thioether (sulfide) groups is 2. The molecule has 0 aromatic carbocycles. The molecule has 0 saturated carbocycles. The zero-order chi connectivity index (χ0) is 15.1. The summed E-state index contributed by atoms with van der Waals surface area (Å²) < 4.78 is 0. The third-order valence-electron chi connectivity index (χ3n) is 4.75. The number of hydrogen-bond acceptors (Lipinski definition) is 4. The molecule has 0 bridgehead atoms. The molecule has 2 aromatic rings. The van der Waals surface area contributed by atoms with E-state index in [2.05, 4.69) is 24.6 Å². The van der Waals surface area contributed by atoms with Gasteiger partial charge in [-0.2, -0.15) is 0 Å². The highest BCUT2D eigenvalue weighted by Crippen LogP contribution is 2.36. The van der Waals surface area contributed by atoms with Crippen LogP contribution >= 0.6 is 23.5 Å². The van der Waals surface area contributed by atoms with E-state index in [0.717, 1.165) is 11.4 Å². The number of aromatic nitrogens is 2. The van der Waals surface area contributed by atoms with Gasteiger partial charge < -0.3 is 0 Å². The molecular formula is C18H20N2S2. The number of hydrogen-bond donors (Lipinski definition) is 0. The Hall–Kier alpha value is -1.00. The lowest BCUT2D eigenvalue weighted by Gasteiger charge is -2.12. The van der Waals surface area contributed by atoms with Gasteiger partial charge in [0.05, 0.1) is 21.4 Å². The molecule has 0 radical (unpaired) electrons. The zero-order valence-electron chi connectivity index (χ0n) is 13.1. The molecule has 4 rings (SSSR count). The molecule has 0 saturated heterocycles. The van der Waals surface area contributed by atoms with E-state index in [-0.39, 0.29) is 0 Å². The van der Waals surface area contributed by atoms with E-state index in [4.69, 9.17) is 9.97 Å². The van der Waals surface area contributed by atoms with Crippen molar-refractivity contribution in [2.45, 2.75) is 48.6 Å². The Morgan fingerprint density at radius 3 is 1.59 bits per heavy atom. The molecule has 0 amide bonds. The fraction of sp³-hybridized carbons (Fsp3) is 0.444. The predicted molar refractivity (Wildman–Crippen MR) is 95.1 cm³/mol. The van der Waals surface area contributed by atoms with Gasteiger partial charge in [0.15, 0.2) is 0 Å². The molecule has 0 fully saturated rings. The molecule has 2 heterocycles. The van der Waals surface area contributed by atoms with Gasteiger partial charge in [0, 0.05) is 0 Å². The van der Waals surface area contributed by atoms with Crippen LogP contribution in [0.5, 0.6) is 0 Å². The monoisotopic (exact) mass is 328 g/mol. The van der Waals surface area contributed by atoms with Crippen LogP contribution in [0.1, 0.15) is 35.1 Å². The number of fused-ring (bicyclic) bond motifs is 2. The Bertz CT molecular complexity index is 677. The van der Waals surface area contributed by atoms with Crippen molar-refractivity contribution in [1.82, 2.24) is 9.97 Å². The highest BCUT2D eigenvalue weighted by Gasteiger charge is 2.21. The fourth-order valence-corrected chi connectivity index (χ4v) is 5.03. The summed E-state index contributed by atoms with van der Waals surface area (Å²) in [5.74, 6) is 0. The summed E-state index contributed by atoms with van der Waals surface area (Å²) in [4.78, 5) is 9.85. The van der Waals surface area contributed by atoms with Crippen molar-refractivity contribution in [2.75, 3.05) is 12.5 Å². The third kappa shape index (κ3) is 2.37. The van der Waals surface area contributed by atoms with Crippen LogP contribution < -0.4 is 0 Å². The first-order valence-electron chi connectivity index (χ1n) is 7.94. The Morgan fingerprint density at radius 2 is 1.18 bits per heavy atom. The van der Waals surface area contributed by atoms with Crippen molar-refractivity contribution < 1.29 is 0 Å². The molecule has 2 aromatic heterocycles. The molecule has 0 N–H and O–H groups in total. The maximum absolute atomic E-state index is 4.93. The van der Waals surface area contributed by atoms with Crippen LogP contribution in [0.4, 0.5) is 0 Å². The number of aryl methyl sites for hydroxylation is 2. The summed E-state index contributed by atoms with van der Waals surface area (Å²) in [5.41, 5.74) is 8.06. The number of rotatable bonds is 3. The summed E-state index contributed by atoms with van der Waals surface area (Å²) >= 11 is 3.55. The summed E-state index contributed by atoms with van der Waals surface area (Å²) in [6.45, 7) is 0. The lowest BCUT2D eigenvalue weighted by atomic mass is 10.1. The molecular weight excluding hydrogens is 308 g/mol. The maximum Gasteiger partial charge on any atom is 0.1000 e. The van der Waals surface area contributed by atoms with Crippen molar-refractivity contribution in [3.05, 3.63) is 34.4 Å². The lowest BCUT2D eigenvalue weighted by Crippen LogP contribution is -1.99. The number of pyridine rings is 2. The minimum absolute atomic E-state index is 1.06. The average molecular weight is 329 g/mol. The van der Waals surface area contributed by atoms with Crippen molar-refractivity contribution in [1.29, 1.82) is 0 Å². The summed E-state index contributed by atoms with van der Waals surface area (Å²) in [5, 5.41) is 2.41. The minimum Gasteiger partial charge on any atom is -0.240 e. The second kappa shape index (κ2) is 5.89. The summed E-state index contributed by atoms with van der Waals surface area (Å²) in [6.07, 6.45) is 11.6. The van der Waals surface area contributed by atoms with E-state index in [0.29, 0.717) is 0 Å². The van der Waals surface area contributed by atoms with E-state index in [1.807, 2.05) is 0 Å². The molecule has 22 heavy (non-hydrogen) atoms. The highest BCUT2D eigenvalue weighted by atomic mass is 32.2. The van der Waals surface area contributed by atoms with Gasteiger partial charge in [-0.25, -0.2) is 9.97 Å². The number of nitrogens with zero attached hydrogens (tertiary/aromatic N) is 2. The van der Waals surface area contributed by atoms with Crippen molar-refractivity contribution in [3.63, 3.8) is 0 Å². The predicted octanol–water partition coefficient (Wildman–Crippen LogP) is 4.56. The van der Waals surface area contributed by atoms with Crippen LogP contribution in [-0.4, -0.2) is 22.5 Å². The van der Waals surface area contributed by atoms with Crippen molar-refractivity contribution in [3.8, 4) is 11.4 Å². The van der Waals surface area contributed by atoms with Crippen LogP contribution in [-0.2, 0) is 25.7 Å². The van der Waals surface area contributed by atoms with Gasteiger partial charge in [-0.1, -0.05) is 0 Å². The molecule has 4 heteroatoms. The Labute approximate surface area is 140 Å². The smallest absolute Gasteiger partial charge is 0.1000 e. The van der Waals surface area contributed by atoms with Gasteiger partial charge in [0.2, 0.25) is 0 Å². The molecule has 0 unspecified atom stereocenters. The van der Waals surface area contributed by atoms with Gasteiger partial charge >= 0.3 is 0 Å². The molecule has 0 spiro atoms. The minimum atomic E-state index is 1.06. The van der Waals surface area contributed by atoms with E-state index in [1.165, 1.54) is 70.8 Å². The Balaban J connectivity index is 1.86. The highest BCUT2D eigenvalue weighted by molar-refractivity contribution is 7.98. The van der Waals surface area contributed by atoms with Crippen LogP contribution in [0, 0.1) is 0 Å². The van der Waals surface area contributed by atoms with Gasteiger partial charge in [-0.15, -0.1) is 23.5 Å². The molecule has 0 atom stereocenters. The first-order chi connectivity index (χ1) is 10.8. The molecule has 2 aliphatic carbocycles. The van der Waals surface area contributed by atoms with Crippen molar-refractivity contribution in [2.24, 2.45) is 0 Å². The lowest BCUT2D eigenvalue weighted by molar-refractivity contribution is 0.898. The van der Waals surface area contributed by atoms with E-state index in [9.17, 15) is 0 Å². The Morgan fingerprint density at radius 1 is 0.727 bits per heavy atom. The van der Waals surface area contributed by atoms with E-state index in [1.54, 1.807) is 23.5 Å². The topological polar surface area (TPSA) is 25.8 Å².